The van der Waals surface area contributed by atoms with Gasteiger partial charge in [0, 0.05) is 17.8 Å². The van der Waals surface area contributed by atoms with Gasteiger partial charge in [-0.1, -0.05) is 11.2 Å². The standard InChI is InChI=1S/C16H17N3O2/c17-16(19-20)13-7-8-18-15(10-13)21-14-6-5-11-3-1-2-4-12(11)9-14/h5-10,20H,1-4H2,(H2,17,19). The molecule has 0 atom stereocenters. The van der Waals surface area contributed by atoms with Gasteiger partial charge >= 0.3 is 0 Å². The van der Waals surface area contributed by atoms with Crippen molar-refractivity contribution >= 4 is 5.84 Å². The number of oxime groups is 1. The minimum atomic E-state index is 0.0349. The zero-order valence-corrected chi connectivity index (χ0v) is 11.6. The van der Waals surface area contributed by atoms with E-state index in [2.05, 4.69) is 22.3 Å². The number of hydrogen-bond acceptors (Lipinski definition) is 4. The first-order valence-electron chi connectivity index (χ1n) is 7.00. The molecule has 1 aliphatic carbocycles. The number of fused-ring (bicyclic) bond motifs is 1. The number of aromatic nitrogens is 1. The van der Waals surface area contributed by atoms with Crippen LogP contribution >= 0.6 is 0 Å². The van der Waals surface area contributed by atoms with E-state index in [9.17, 15) is 0 Å². The van der Waals surface area contributed by atoms with Crippen LogP contribution < -0.4 is 10.5 Å². The molecule has 3 N–H and O–H groups in total. The summed E-state index contributed by atoms with van der Waals surface area (Å²) in [5, 5.41) is 11.7. The van der Waals surface area contributed by atoms with Crippen LogP contribution in [0.2, 0.25) is 0 Å². The molecule has 5 nitrogen and oxygen atoms in total. The van der Waals surface area contributed by atoms with Gasteiger partial charge in [0.05, 0.1) is 0 Å². The highest BCUT2D eigenvalue weighted by Gasteiger charge is 2.11. The molecule has 0 aliphatic heterocycles. The first-order valence-corrected chi connectivity index (χ1v) is 7.00. The van der Waals surface area contributed by atoms with E-state index < -0.39 is 0 Å². The van der Waals surface area contributed by atoms with Crippen molar-refractivity contribution in [2.75, 3.05) is 0 Å². The third-order valence-corrected chi connectivity index (χ3v) is 3.68. The molecule has 0 fully saturated rings. The van der Waals surface area contributed by atoms with Gasteiger partial charge in [-0.2, -0.15) is 0 Å². The summed E-state index contributed by atoms with van der Waals surface area (Å²) >= 11 is 0. The van der Waals surface area contributed by atoms with Crippen molar-refractivity contribution in [1.82, 2.24) is 4.98 Å². The first-order chi connectivity index (χ1) is 10.3. The number of nitrogens with zero attached hydrogens (tertiary/aromatic N) is 2. The molecule has 2 aromatic rings. The van der Waals surface area contributed by atoms with Crippen molar-refractivity contribution in [2.45, 2.75) is 25.7 Å². The van der Waals surface area contributed by atoms with Crippen LogP contribution in [0, 0.1) is 0 Å². The molecular formula is C16H17N3O2. The zero-order valence-electron chi connectivity index (χ0n) is 11.6. The SMILES string of the molecule is NC(=NO)c1ccnc(Oc2ccc3c(c2)CCCC3)c1. The molecule has 0 spiro atoms. The van der Waals surface area contributed by atoms with E-state index in [-0.39, 0.29) is 5.84 Å². The molecule has 1 aromatic carbocycles. The van der Waals surface area contributed by atoms with Gasteiger partial charge in [-0.25, -0.2) is 4.98 Å². The Bertz CT molecular complexity index is 683. The summed E-state index contributed by atoms with van der Waals surface area (Å²) in [5.41, 5.74) is 8.90. The van der Waals surface area contributed by atoms with Gasteiger partial charge in [0.15, 0.2) is 5.84 Å². The highest BCUT2D eigenvalue weighted by molar-refractivity contribution is 5.97. The molecule has 0 saturated heterocycles. The number of nitrogens with two attached hydrogens (primary N) is 1. The maximum absolute atomic E-state index is 8.70. The summed E-state index contributed by atoms with van der Waals surface area (Å²) in [6.07, 6.45) is 6.31. The molecule has 108 valence electrons. The second-order valence-electron chi connectivity index (χ2n) is 5.11. The van der Waals surface area contributed by atoms with Crippen molar-refractivity contribution < 1.29 is 9.94 Å². The van der Waals surface area contributed by atoms with Crippen LogP contribution in [0.5, 0.6) is 11.6 Å². The topological polar surface area (TPSA) is 80.7 Å². The average Bonchev–Trinajstić information content (AvgIpc) is 2.54. The fraction of sp³-hybridized carbons (Fsp3) is 0.250. The van der Waals surface area contributed by atoms with E-state index >= 15 is 0 Å². The number of amidine groups is 1. The summed E-state index contributed by atoms with van der Waals surface area (Å²) in [4.78, 5) is 4.15. The lowest BCUT2D eigenvalue weighted by molar-refractivity contribution is 0.318. The van der Waals surface area contributed by atoms with E-state index in [4.69, 9.17) is 15.7 Å². The molecule has 0 amide bonds. The fourth-order valence-corrected chi connectivity index (χ4v) is 2.58. The van der Waals surface area contributed by atoms with Crippen molar-refractivity contribution in [1.29, 1.82) is 0 Å². The van der Waals surface area contributed by atoms with Crippen LogP contribution in [-0.4, -0.2) is 16.0 Å². The average molecular weight is 283 g/mol. The molecule has 1 heterocycles. The predicted octanol–water partition coefficient (Wildman–Crippen LogP) is 2.85. The Labute approximate surface area is 123 Å². The molecule has 1 aliphatic rings. The van der Waals surface area contributed by atoms with Gasteiger partial charge in [-0.3, -0.25) is 0 Å². The summed E-state index contributed by atoms with van der Waals surface area (Å²) in [5.74, 6) is 1.22. The molecule has 0 unspecified atom stereocenters. The van der Waals surface area contributed by atoms with Crippen LogP contribution in [0.25, 0.3) is 0 Å². The number of pyridine rings is 1. The van der Waals surface area contributed by atoms with Crippen LogP contribution in [-0.2, 0) is 12.8 Å². The van der Waals surface area contributed by atoms with E-state index in [1.54, 1.807) is 18.3 Å². The van der Waals surface area contributed by atoms with E-state index in [0.29, 0.717) is 11.4 Å². The Kier molecular flexibility index (Phi) is 3.73. The third kappa shape index (κ3) is 2.97. The van der Waals surface area contributed by atoms with Crippen molar-refractivity contribution in [3.63, 3.8) is 0 Å². The number of hydrogen-bond donors (Lipinski definition) is 2. The smallest absolute Gasteiger partial charge is 0.219 e. The minimum absolute atomic E-state index is 0.0349. The maximum Gasteiger partial charge on any atom is 0.219 e. The summed E-state index contributed by atoms with van der Waals surface area (Å²) in [6.45, 7) is 0. The van der Waals surface area contributed by atoms with Crippen molar-refractivity contribution in [2.24, 2.45) is 10.9 Å². The van der Waals surface area contributed by atoms with Crippen LogP contribution in [0.4, 0.5) is 0 Å². The Balaban J connectivity index is 1.83. The number of benzene rings is 1. The van der Waals surface area contributed by atoms with Gasteiger partial charge in [0.25, 0.3) is 0 Å². The zero-order chi connectivity index (χ0) is 14.7. The molecule has 0 bridgehead atoms. The molecule has 21 heavy (non-hydrogen) atoms. The van der Waals surface area contributed by atoms with Gasteiger partial charge in [0.1, 0.15) is 5.75 Å². The highest BCUT2D eigenvalue weighted by atomic mass is 16.5. The second kappa shape index (κ2) is 5.83. The minimum Gasteiger partial charge on any atom is -0.439 e. The summed E-state index contributed by atoms with van der Waals surface area (Å²) in [7, 11) is 0. The second-order valence-corrected chi connectivity index (χ2v) is 5.11. The third-order valence-electron chi connectivity index (χ3n) is 3.68. The van der Waals surface area contributed by atoms with Gasteiger partial charge < -0.3 is 15.7 Å². The van der Waals surface area contributed by atoms with Gasteiger partial charge in [-0.15, -0.1) is 0 Å². The Morgan fingerprint density at radius 2 is 1.95 bits per heavy atom. The van der Waals surface area contributed by atoms with E-state index in [0.717, 1.165) is 18.6 Å². The van der Waals surface area contributed by atoms with Crippen molar-refractivity contribution in [3.05, 3.63) is 53.2 Å². The fourth-order valence-electron chi connectivity index (χ4n) is 2.58. The normalized spacial score (nSPS) is 14.6. The Morgan fingerprint density at radius 3 is 2.76 bits per heavy atom. The summed E-state index contributed by atoms with van der Waals surface area (Å²) in [6, 6.07) is 9.47. The largest absolute Gasteiger partial charge is 0.439 e. The van der Waals surface area contributed by atoms with Crippen LogP contribution in [0.3, 0.4) is 0 Å². The number of ether oxygens (including phenoxy) is 1. The number of rotatable bonds is 3. The first kappa shape index (κ1) is 13.4. The number of aryl methyl sites for hydroxylation is 2. The van der Waals surface area contributed by atoms with Crippen LogP contribution in [0.1, 0.15) is 29.5 Å². The monoisotopic (exact) mass is 283 g/mol. The molecule has 5 heteroatoms. The maximum atomic E-state index is 8.70. The highest BCUT2D eigenvalue weighted by Crippen LogP contribution is 2.27. The van der Waals surface area contributed by atoms with E-state index in [1.165, 1.54) is 24.0 Å². The molecule has 3 rings (SSSR count). The Hall–Kier alpha value is -2.56. The van der Waals surface area contributed by atoms with Gasteiger partial charge in [-0.05, 0) is 55.0 Å². The summed E-state index contributed by atoms with van der Waals surface area (Å²) < 4.78 is 5.78. The van der Waals surface area contributed by atoms with Crippen molar-refractivity contribution in [3.8, 4) is 11.6 Å². The predicted molar refractivity (Wildman–Crippen MR) is 79.9 cm³/mol. The van der Waals surface area contributed by atoms with Crippen LogP contribution in [0.15, 0.2) is 41.7 Å². The van der Waals surface area contributed by atoms with Gasteiger partial charge in [0.2, 0.25) is 5.88 Å². The molecule has 1 aromatic heterocycles. The lowest BCUT2D eigenvalue weighted by Crippen LogP contribution is -2.13. The molecule has 0 saturated carbocycles. The quantitative estimate of drug-likeness (QED) is 0.393. The van der Waals surface area contributed by atoms with E-state index in [1.807, 2.05) is 6.07 Å². The molecule has 0 radical (unpaired) electrons. The lowest BCUT2D eigenvalue weighted by Gasteiger charge is -2.16. The lowest BCUT2D eigenvalue weighted by atomic mass is 9.92. The molecular weight excluding hydrogens is 266 g/mol. The Morgan fingerprint density at radius 1 is 1.14 bits per heavy atom.